The van der Waals surface area contributed by atoms with Crippen LogP contribution in [0.4, 0.5) is 0 Å². The summed E-state index contributed by atoms with van der Waals surface area (Å²) in [4.78, 5) is 4.14. The molecule has 1 heterocycles. The van der Waals surface area contributed by atoms with Gasteiger partial charge in [0.15, 0.2) is 0 Å². The summed E-state index contributed by atoms with van der Waals surface area (Å²) in [7, 11) is 3.68. The Morgan fingerprint density at radius 1 is 1.64 bits per heavy atom. The quantitative estimate of drug-likeness (QED) is 0.736. The Morgan fingerprint density at radius 3 is 3.07 bits per heavy atom. The van der Waals surface area contributed by atoms with Crippen LogP contribution in [-0.4, -0.2) is 30.3 Å². The Morgan fingerprint density at radius 2 is 2.43 bits per heavy atom. The average Bonchev–Trinajstić information content (AvgIpc) is 2.54. The molecule has 0 aliphatic heterocycles. The van der Waals surface area contributed by atoms with E-state index in [4.69, 9.17) is 4.74 Å². The highest BCUT2D eigenvalue weighted by atomic mass is 16.5. The molecule has 0 aromatic carbocycles. The van der Waals surface area contributed by atoms with Gasteiger partial charge < -0.3 is 14.6 Å². The van der Waals surface area contributed by atoms with E-state index in [-0.39, 0.29) is 0 Å². The lowest BCUT2D eigenvalue weighted by Crippen LogP contribution is -2.16. The Labute approximate surface area is 85.3 Å². The molecule has 4 nitrogen and oxygen atoms in total. The molecule has 0 saturated heterocycles. The summed E-state index contributed by atoms with van der Waals surface area (Å²) in [5.74, 6) is 0.518. The van der Waals surface area contributed by atoms with Gasteiger partial charge >= 0.3 is 0 Å². The molecule has 0 spiro atoms. The smallest absolute Gasteiger partial charge is 0.0948 e. The summed E-state index contributed by atoms with van der Waals surface area (Å²) in [6.45, 7) is 4.79. The van der Waals surface area contributed by atoms with Gasteiger partial charge in [0.25, 0.3) is 0 Å². The number of nitrogens with zero attached hydrogens (tertiary/aromatic N) is 2. The molecule has 1 unspecified atom stereocenters. The van der Waals surface area contributed by atoms with Crippen molar-refractivity contribution in [2.45, 2.75) is 20.0 Å². The molecular weight excluding hydrogens is 178 g/mol. The molecule has 80 valence electrons. The number of ether oxygens (including phenoxy) is 1. The van der Waals surface area contributed by atoms with Gasteiger partial charge in [-0.15, -0.1) is 0 Å². The summed E-state index contributed by atoms with van der Waals surface area (Å²) < 4.78 is 7.27. The van der Waals surface area contributed by atoms with Crippen LogP contribution in [-0.2, 0) is 17.8 Å². The molecule has 0 aliphatic rings. The van der Waals surface area contributed by atoms with E-state index in [1.807, 2.05) is 19.6 Å². The second-order valence-electron chi connectivity index (χ2n) is 3.63. The van der Waals surface area contributed by atoms with Gasteiger partial charge in [0.05, 0.1) is 18.6 Å². The van der Waals surface area contributed by atoms with Gasteiger partial charge in [0.1, 0.15) is 0 Å². The number of nitrogens with one attached hydrogen (secondary N) is 1. The standard InChI is InChI=1S/C10H19N3O/c1-9(7-14-3)6-13-8-12-5-10(13)4-11-2/h5,8-9,11H,4,6-7H2,1-3H3. The zero-order chi connectivity index (χ0) is 10.4. The predicted molar refractivity (Wildman–Crippen MR) is 56.0 cm³/mol. The molecule has 1 atom stereocenters. The second kappa shape index (κ2) is 5.78. The maximum absolute atomic E-state index is 5.10. The lowest BCUT2D eigenvalue weighted by molar-refractivity contribution is 0.151. The molecule has 1 N–H and O–H groups in total. The molecule has 4 heteroatoms. The van der Waals surface area contributed by atoms with E-state index in [1.165, 1.54) is 5.69 Å². The monoisotopic (exact) mass is 197 g/mol. The van der Waals surface area contributed by atoms with Gasteiger partial charge in [0.2, 0.25) is 0 Å². The Kier molecular flexibility index (Phi) is 4.62. The van der Waals surface area contributed by atoms with Crippen molar-refractivity contribution in [2.75, 3.05) is 20.8 Å². The Balaban J connectivity index is 2.52. The van der Waals surface area contributed by atoms with E-state index < -0.39 is 0 Å². The highest BCUT2D eigenvalue weighted by Crippen LogP contribution is 2.05. The molecule has 0 amide bonds. The fourth-order valence-corrected chi connectivity index (χ4v) is 1.51. The molecular formula is C10H19N3O. The molecule has 0 radical (unpaired) electrons. The minimum absolute atomic E-state index is 0.518. The number of rotatable bonds is 6. The van der Waals surface area contributed by atoms with Crippen molar-refractivity contribution in [1.82, 2.24) is 14.9 Å². The van der Waals surface area contributed by atoms with Crippen LogP contribution in [0.25, 0.3) is 0 Å². The van der Waals surface area contributed by atoms with Crippen LogP contribution in [0.1, 0.15) is 12.6 Å². The lowest BCUT2D eigenvalue weighted by atomic mass is 10.2. The van der Waals surface area contributed by atoms with Gasteiger partial charge in [-0.1, -0.05) is 6.92 Å². The highest BCUT2D eigenvalue weighted by molar-refractivity contribution is 4.97. The van der Waals surface area contributed by atoms with Crippen LogP contribution in [0.15, 0.2) is 12.5 Å². The maximum Gasteiger partial charge on any atom is 0.0948 e. The Hall–Kier alpha value is -0.870. The fourth-order valence-electron chi connectivity index (χ4n) is 1.51. The van der Waals surface area contributed by atoms with E-state index in [1.54, 1.807) is 7.11 Å². The number of aromatic nitrogens is 2. The van der Waals surface area contributed by atoms with Crippen molar-refractivity contribution in [3.63, 3.8) is 0 Å². The van der Waals surface area contributed by atoms with Crippen LogP contribution in [0.5, 0.6) is 0 Å². The molecule has 1 aromatic rings. The summed E-state index contributed by atoms with van der Waals surface area (Å²) in [5, 5.41) is 3.12. The minimum atomic E-state index is 0.518. The van der Waals surface area contributed by atoms with Crippen LogP contribution in [0.3, 0.4) is 0 Å². The molecule has 1 aromatic heterocycles. The average molecular weight is 197 g/mol. The fraction of sp³-hybridized carbons (Fsp3) is 0.700. The third kappa shape index (κ3) is 3.12. The van der Waals surface area contributed by atoms with Crippen LogP contribution < -0.4 is 5.32 Å². The van der Waals surface area contributed by atoms with Crippen molar-refractivity contribution >= 4 is 0 Å². The summed E-state index contributed by atoms with van der Waals surface area (Å²) in [6.07, 6.45) is 3.77. The Bertz CT molecular complexity index is 260. The van der Waals surface area contributed by atoms with E-state index in [2.05, 4.69) is 21.8 Å². The maximum atomic E-state index is 5.10. The number of imidazole rings is 1. The predicted octanol–water partition coefficient (Wildman–Crippen LogP) is 0.885. The molecule has 1 rings (SSSR count). The summed E-state index contributed by atoms with van der Waals surface area (Å²) in [6, 6.07) is 0. The van der Waals surface area contributed by atoms with Crippen LogP contribution in [0.2, 0.25) is 0 Å². The van der Waals surface area contributed by atoms with Crippen molar-refractivity contribution in [1.29, 1.82) is 0 Å². The van der Waals surface area contributed by atoms with Gasteiger partial charge in [0, 0.05) is 26.4 Å². The van der Waals surface area contributed by atoms with Gasteiger partial charge in [-0.25, -0.2) is 4.98 Å². The van der Waals surface area contributed by atoms with Crippen molar-refractivity contribution < 1.29 is 4.74 Å². The molecule has 0 saturated carbocycles. The molecule has 0 aliphatic carbocycles. The van der Waals surface area contributed by atoms with E-state index in [0.717, 1.165) is 19.7 Å². The molecule has 0 fully saturated rings. The van der Waals surface area contributed by atoms with Crippen LogP contribution >= 0.6 is 0 Å². The minimum Gasteiger partial charge on any atom is -0.384 e. The van der Waals surface area contributed by atoms with Gasteiger partial charge in [-0.2, -0.15) is 0 Å². The normalized spacial score (nSPS) is 13.1. The van der Waals surface area contributed by atoms with Crippen molar-refractivity contribution in [3.05, 3.63) is 18.2 Å². The second-order valence-corrected chi connectivity index (χ2v) is 3.63. The summed E-state index contributed by atoms with van der Waals surface area (Å²) in [5.41, 5.74) is 1.22. The van der Waals surface area contributed by atoms with E-state index in [9.17, 15) is 0 Å². The van der Waals surface area contributed by atoms with Crippen LogP contribution in [0, 0.1) is 5.92 Å². The molecule has 0 bridgehead atoms. The first-order valence-electron chi connectivity index (χ1n) is 4.90. The van der Waals surface area contributed by atoms with E-state index in [0.29, 0.717) is 5.92 Å². The largest absolute Gasteiger partial charge is 0.384 e. The highest BCUT2D eigenvalue weighted by Gasteiger charge is 2.05. The van der Waals surface area contributed by atoms with Gasteiger partial charge in [-0.3, -0.25) is 0 Å². The first-order valence-corrected chi connectivity index (χ1v) is 4.90. The zero-order valence-electron chi connectivity index (χ0n) is 9.16. The lowest BCUT2D eigenvalue weighted by Gasteiger charge is -2.13. The number of methoxy groups -OCH3 is 1. The van der Waals surface area contributed by atoms with E-state index >= 15 is 0 Å². The first-order chi connectivity index (χ1) is 6.77. The topological polar surface area (TPSA) is 39.1 Å². The van der Waals surface area contributed by atoms with Crippen molar-refractivity contribution in [3.8, 4) is 0 Å². The zero-order valence-corrected chi connectivity index (χ0v) is 9.16. The number of hydrogen-bond donors (Lipinski definition) is 1. The summed E-state index contributed by atoms with van der Waals surface area (Å²) >= 11 is 0. The SMILES string of the molecule is CNCc1cncn1CC(C)COC. The molecule has 14 heavy (non-hydrogen) atoms. The van der Waals surface area contributed by atoms with Gasteiger partial charge in [-0.05, 0) is 13.0 Å². The third-order valence-corrected chi connectivity index (χ3v) is 2.12. The van der Waals surface area contributed by atoms with Crippen molar-refractivity contribution in [2.24, 2.45) is 5.92 Å². The first kappa shape index (κ1) is 11.2. The third-order valence-electron chi connectivity index (χ3n) is 2.12. The number of hydrogen-bond acceptors (Lipinski definition) is 3.